The van der Waals surface area contributed by atoms with Gasteiger partial charge in [0.25, 0.3) is 5.91 Å². The number of carbonyl (C=O) groups excluding carboxylic acids is 3. The van der Waals surface area contributed by atoms with Crippen LogP contribution in [0.1, 0.15) is 66.7 Å². The number of carbonyl (C=O) groups is 3. The number of imide groups is 1. The maximum absolute atomic E-state index is 13.0. The first-order valence-electron chi connectivity index (χ1n) is 9.65. The Morgan fingerprint density at radius 1 is 1.31 bits per heavy atom. The van der Waals surface area contributed by atoms with Gasteiger partial charge < -0.3 is 16.4 Å². The molecule has 7 nitrogen and oxygen atoms in total. The van der Waals surface area contributed by atoms with Gasteiger partial charge in [0.05, 0.1) is 0 Å². The largest absolute Gasteiger partial charge is 0.353 e. The summed E-state index contributed by atoms with van der Waals surface area (Å²) in [5.41, 5.74) is 4.83. The van der Waals surface area contributed by atoms with Crippen LogP contribution in [0.4, 0.5) is 4.79 Å². The summed E-state index contributed by atoms with van der Waals surface area (Å²) >= 11 is 0. The van der Waals surface area contributed by atoms with E-state index in [1.54, 1.807) is 0 Å². The Labute approximate surface area is 156 Å². The molecule has 0 aromatic carbocycles. The van der Waals surface area contributed by atoms with E-state index < -0.39 is 17.1 Å². The highest BCUT2D eigenvalue weighted by molar-refractivity contribution is 6.09. The topological polar surface area (TPSA) is 105 Å². The van der Waals surface area contributed by atoms with Crippen LogP contribution < -0.4 is 16.4 Å². The molecule has 4 amide bonds. The first-order chi connectivity index (χ1) is 12.0. The molecule has 0 aromatic heterocycles. The molecule has 26 heavy (non-hydrogen) atoms. The van der Waals surface area contributed by atoms with Crippen LogP contribution in [-0.4, -0.2) is 46.9 Å². The average molecular weight is 367 g/mol. The van der Waals surface area contributed by atoms with Crippen molar-refractivity contribution >= 4 is 17.8 Å². The molecule has 4 N–H and O–H groups in total. The Morgan fingerprint density at radius 2 is 1.92 bits per heavy atom. The van der Waals surface area contributed by atoms with E-state index in [0.29, 0.717) is 25.3 Å². The standard InChI is InChI=1S/C19H34N4O3/c1-6-18(20,7-2)12-21-14(24)10-23-15(25)19(22-16(23)26)9-13(3)8-17(4,5)11-19/h13H,6-12,20H2,1-5H3,(H,21,24)(H,22,26). The van der Waals surface area contributed by atoms with Crippen molar-refractivity contribution < 1.29 is 14.4 Å². The molecule has 1 aliphatic heterocycles. The number of hydrogen-bond donors (Lipinski definition) is 3. The third-order valence-corrected chi connectivity index (χ3v) is 5.97. The summed E-state index contributed by atoms with van der Waals surface area (Å²) in [6.45, 7) is 10.4. The van der Waals surface area contributed by atoms with Crippen molar-refractivity contribution in [3.05, 3.63) is 0 Å². The minimum Gasteiger partial charge on any atom is -0.353 e. The zero-order valence-corrected chi connectivity index (χ0v) is 16.8. The zero-order valence-electron chi connectivity index (χ0n) is 16.8. The monoisotopic (exact) mass is 366 g/mol. The summed E-state index contributed by atoms with van der Waals surface area (Å²) in [6.07, 6.45) is 3.72. The van der Waals surface area contributed by atoms with Gasteiger partial charge in [0.15, 0.2) is 0 Å². The summed E-state index contributed by atoms with van der Waals surface area (Å²) in [7, 11) is 0. The molecule has 2 aliphatic rings. The van der Waals surface area contributed by atoms with Crippen LogP contribution in [-0.2, 0) is 9.59 Å². The van der Waals surface area contributed by atoms with Gasteiger partial charge in [-0.2, -0.15) is 0 Å². The molecule has 2 atom stereocenters. The van der Waals surface area contributed by atoms with E-state index in [-0.39, 0.29) is 23.8 Å². The molecule has 1 heterocycles. The molecule has 1 saturated heterocycles. The van der Waals surface area contributed by atoms with Crippen molar-refractivity contribution in [2.45, 2.75) is 77.8 Å². The minimum absolute atomic E-state index is 0.0275. The molecule has 2 unspecified atom stereocenters. The van der Waals surface area contributed by atoms with E-state index in [9.17, 15) is 14.4 Å². The number of urea groups is 1. The van der Waals surface area contributed by atoms with Gasteiger partial charge in [-0.15, -0.1) is 0 Å². The second-order valence-corrected chi connectivity index (χ2v) is 9.10. The molecule has 1 aliphatic carbocycles. The Kier molecular flexibility index (Phi) is 5.71. The average Bonchev–Trinajstić information content (AvgIpc) is 2.74. The molecular weight excluding hydrogens is 332 g/mol. The van der Waals surface area contributed by atoms with Gasteiger partial charge in [0, 0.05) is 12.1 Å². The Balaban J connectivity index is 2.04. The van der Waals surface area contributed by atoms with Gasteiger partial charge in [-0.3, -0.25) is 14.5 Å². The maximum Gasteiger partial charge on any atom is 0.325 e. The molecule has 2 fully saturated rings. The van der Waals surface area contributed by atoms with E-state index in [4.69, 9.17) is 5.73 Å². The highest BCUT2D eigenvalue weighted by atomic mass is 16.2. The van der Waals surface area contributed by atoms with Crippen molar-refractivity contribution in [1.82, 2.24) is 15.5 Å². The van der Waals surface area contributed by atoms with Gasteiger partial charge in [-0.1, -0.05) is 34.6 Å². The zero-order chi connectivity index (χ0) is 19.8. The molecule has 1 spiro atoms. The lowest BCUT2D eigenvalue weighted by molar-refractivity contribution is -0.137. The fraction of sp³-hybridized carbons (Fsp3) is 0.842. The van der Waals surface area contributed by atoms with Crippen LogP contribution in [0.3, 0.4) is 0 Å². The molecular formula is C19H34N4O3. The van der Waals surface area contributed by atoms with Crippen LogP contribution >= 0.6 is 0 Å². The lowest BCUT2D eigenvalue weighted by Crippen LogP contribution is -2.54. The quantitative estimate of drug-likeness (QED) is 0.623. The SMILES string of the molecule is CCC(N)(CC)CNC(=O)CN1C(=O)NC2(CC(C)CC(C)(C)C2)C1=O. The number of nitrogens with zero attached hydrogens (tertiary/aromatic N) is 1. The van der Waals surface area contributed by atoms with E-state index in [1.165, 1.54) is 0 Å². The fourth-order valence-electron chi connectivity index (χ4n) is 4.62. The second kappa shape index (κ2) is 7.18. The van der Waals surface area contributed by atoms with Gasteiger partial charge >= 0.3 is 6.03 Å². The Morgan fingerprint density at radius 3 is 2.46 bits per heavy atom. The van der Waals surface area contributed by atoms with Crippen molar-refractivity contribution in [1.29, 1.82) is 0 Å². The van der Waals surface area contributed by atoms with Crippen LogP contribution in [0.5, 0.6) is 0 Å². The molecule has 7 heteroatoms. The predicted molar refractivity (Wildman–Crippen MR) is 100 cm³/mol. The fourth-order valence-corrected chi connectivity index (χ4v) is 4.62. The second-order valence-electron chi connectivity index (χ2n) is 9.10. The Bertz CT molecular complexity index is 585. The lowest BCUT2D eigenvalue weighted by Gasteiger charge is -2.43. The van der Waals surface area contributed by atoms with Crippen molar-refractivity contribution in [3.63, 3.8) is 0 Å². The third kappa shape index (κ3) is 4.19. The Hall–Kier alpha value is -1.63. The number of amides is 4. The van der Waals surface area contributed by atoms with Crippen molar-refractivity contribution in [2.75, 3.05) is 13.1 Å². The highest BCUT2D eigenvalue weighted by Crippen LogP contribution is 2.46. The van der Waals surface area contributed by atoms with Gasteiger partial charge in [0.2, 0.25) is 5.91 Å². The van der Waals surface area contributed by atoms with Crippen molar-refractivity contribution in [2.24, 2.45) is 17.1 Å². The number of hydrogen-bond acceptors (Lipinski definition) is 4. The van der Waals surface area contributed by atoms with Gasteiger partial charge in [0.1, 0.15) is 12.1 Å². The first kappa shape index (κ1) is 20.7. The normalized spacial score (nSPS) is 28.4. The first-order valence-corrected chi connectivity index (χ1v) is 9.65. The van der Waals surface area contributed by atoms with E-state index >= 15 is 0 Å². The van der Waals surface area contributed by atoms with E-state index in [1.807, 2.05) is 13.8 Å². The lowest BCUT2D eigenvalue weighted by atomic mass is 9.64. The van der Waals surface area contributed by atoms with Gasteiger partial charge in [-0.25, -0.2) is 4.79 Å². The summed E-state index contributed by atoms with van der Waals surface area (Å²) in [5.74, 6) is -0.295. The number of nitrogens with two attached hydrogens (primary N) is 1. The van der Waals surface area contributed by atoms with Crippen LogP contribution in [0.2, 0.25) is 0 Å². The molecule has 0 bridgehead atoms. The molecule has 2 rings (SSSR count). The molecule has 0 aromatic rings. The smallest absolute Gasteiger partial charge is 0.325 e. The van der Waals surface area contributed by atoms with Crippen LogP contribution in [0, 0.1) is 11.3 Å². The van der Waals surface area contributed by atoms with Crippen molar-refractivity contribution in [3.8, 4) is 0 Å². The highest BCUT2D eigenvalue weighted by Gasteiger charge is 2.56. The molecule has 0 radical (unpaired) electrons. The van der Waals surface area contributed by atoms with E-state index in [0.717, 1.165) is 24.2 Å². The maximum atomic E-state index is 13.0. The number of nitrogens with one attached hydrogen (secondary N) is 2. The van der Waals surface area contributed by atoms with E-state index in [2.05, 4.69) is 31.4 Å². The third-order valence-electron chi connectivity index (χ3n) is 5.97. The summed E-state index contributed by atoms with van der Waals surface area (Å²) in [5, 5.41) is 5.66. The predicted octanol–water partition coefficient (Wildman–Crippen LogP) is 1.76. The summed E-state index contributed by atoms with van der Waals surface area (Å²) in [6, 6.07) is -0.472. The molecule has 1 saturated carbocycles. The number of rotatable bonds is 6. The minimum atomic E-state index is -0.872. The summed E-state index contributed by atoms with van der Waals surface area (Å²) in [4.78, 5) is 38.8. The van der Waals surface area contributed by atoms with Gasteiger partial charge in [-0.05, 0) is 43.4 Å². The summed E-state index contributed by atoms with van der Waals surface area (Å²) < 4.78 is 0. The van der Waals surface area contributed by atoms with Crippen LogP contribution in [0.25, 0.3) is 0 Å². The van der Waals surface area contributed by atoms with Crippen LogP contribution in [0.15, 0.2) is 0 Å². The molecule has 148 valence electrons.